The number of amides is 2. The molecule has 2 aromatic rings. The molecule has 2 aromatic carbocycles. The van der Waals surface area contributed by atoms with Crippen LogP contribution in [0.1, 0.15) is 28.8 Å². The normalized spacial score (nSPS) is 13.7. The van der Waals surface area contributed by atoms with Crippen molar-refractivity contribution in [2.45, 2.75) is 30.7 Å². The van der Waals surface area contributed by atoms with Gasteiger partial charge in [0.15, 0.2) is 0 Å². The van der Waals surface area contributed by atoms with Gasteiger partial charge in [-0.15, -0.1) is 0 Å². The third-order valence-corrected chi connectivity index (χ3v) is 6.75. The van der Waals surface area contributed by atoms with E-state index in [4.69, 9.17) is 23.2 Å². The standard InChI is InChI=1S/C20H21Cl2N3O4S/c1-12-6-9-14(30(28,29)24-13-7-8-13)10-15(12)20(27)25(2)11-18(26)23-19-16(21)4-3-5-17(19)22/h3-6,9-10,13,24H,7-8,11H2,1-2H3,(H,23,26). The molecule has 0 heterocycles. The van der Waals surface area contributed by atoms with Crippen molar-refractivity contribution < 1.29 is 18.0 Å². The minimum Gasteiger partial charge on any atom is -0.332 e. The number of sulfonamides is 1. The molecule has 0 spiro atoms. The number of benzene rings is 2. The molecule has 2 amide bonds. The van der Waals surface area contributed by atoms with Gasteiger partial charge in [0.1, 0.15) is 0 Å². The van der Waals surface area contributed by atoms with Gasteiger partial charge >= 0.3 is 0 Å². The molecule has 0 radical (unpaired) electrons. The van der Waals surface area contributed by atoms with Gasteiger partial charge in [-0.05, 0) is 49.6 Å². The molecule has 1 aliphatic carbocycles. The Bertz CT molecular complexity index is 1080. The molecule has 0 atom stereocenters. The van der Waals surface area contributed by atoms with Crippen molar-refractivity contribution in [1.29, 1.82) is 0 Å². The number of nitrogens with one attached hydrogen (secondary N) is 2. The van der Waals surface area contributed by atoms with Crippen LogP contribution in [0.25, 0.3) is 0 Å². The molecule has 1 aliphatic rings. The van der Waals surface area contributed by atoms with Crippen LogP contribution in [-0.2, 0) is 14.8 Å². The fourth-order valence-corrected chi connectivity index (χ4v) is 4.60. The van der Waals surface area contributed by atoms with Gasteiger partial charge in [0.05, 0.1) is 27.2 Å². The Hall–Kier alpha value is -2.13. The minimum absolute atomic E-state index is 0.0176. The summed E-state index contributed by atoms with van der Waals surface area (Å²) < 4.78 is 27.5. The van der Waals surface area contributed by atoms with Crippen LogP contribution in [0.5, 0.6) is 0 Å². The lowest BCUT2D eigenvalue weighted by molar-refractivity contribution is -0.116. The highest BCUT2D eigenvalue weighted by Crippen LogP contribution is 2.29. The molecule has 0 saturated heterocycles. The fourth-order valence-electron chi connectivity index (χ4n) is 2.78. The monoisotopic (exact) mass is 469 g/mol. The number of anilines is 1. The molecule has 30 heavy (non-hydrogen) atoms. The Labute approximate surface area is 185 Å². The quantitative estimate of drug-likeness (QED) is 0.648. The van der Waals surface area contributed by atoms with Gasteiger partial charge in [-0.3, -0.25) is 9.59 Å². The molecular formula is C20H21Cl2N3O4S. The van der Waals surface area contributed by atoms with Gasteiger partial charge in [0.2, 0.25) is 15.9 Å². The summed E-state index contributed by atoms with van der Waals surface area (Å²) in [7, 11) is -2.24. The highest BCUT2D eigenvalue weighted by atomic mass is 35.5. The predicted octanol–water partition coefficient (Wildman–Crippen LogP) is 3.45. The van der Waals surface area contributed by atoms with Crippen molar-refractivity contribution in [3.05, 3.63) is 57.6 Å². The van der Waals surface area contributed by atoms with Crippen LogP contribution in [0.2, 0.25) is 10.0 Å². The van der Waals surface area contributed by atoms with Crippen LogP contribution in [0.3, 0.4) is 0 Å². The first kappa shape index (κ1) is 22.6. The van der Waals surface area contributed by atoms with Crippen molar-refractivity contribution in [3.63, 3.8) is 0 Å². The number of aryl methyl sites for hydroxylation is 1. The van der Waals surface area contributed by atoms with E-state index >= 15 is 0 Å². The van der Waals surface area contributed by atoms with Gasteiger partial charge in [0, 0.05) is 18.7 Å². The third kappa shape index (κ3) is 5.31. The van der Waals surface area contributed by atoms with Crippen LogP contribution < -0.4 is 10.0 Å². The van der Waals surface area contributed by atoms with E-state index in [-0.39, 0.29) is 38.8 Å². The third-order valence-electron chi connectivity index (χ3n) is 4.60. The first-order chi connectivity index (χ1) is 14.1. The van der Waals surface area contributed by atoms with Crippen molar-refractivity contribution in [2.75, 3.05) is 18.9 Å². The van der Waals surface area contributed by atoms with Gasteiger partial charge < -0.3 is 10.2 Å². The molecule has 1 fully saturated rings. The van der Waals surface area contributed by atoms with E-state index in [1.165, 1.54) is 24.1 Å². The van der Waals surface area contributed by atoms with Crippen LogP contribution in [-0.4, -0.2) is 44.8 Å². The molecule has 160 valence electrons. The SMILES string of the molecule is Cc1ccc(S(=O)(=O)NC2CC2)cc1C(=O)N(C)CC(=O)Nc1c(Cl)cccc1Cl. The molecule has 1 saturated carbocycles. The summed E-state index contributed by atoms with van der Waals surface area (Å²) in [5.41, 5.74) is 1.08. The number of hydrogen-bond acceptors (Lipinski definition) is 4. The van der Waals surface area contributed by atoms with Crippen LogP contribution >= 0.6 is 23.2 Å². The van der Waals surface area contributed by atoms with Crippen molar-refractivity contribution in [3.8, 4) is 0 Å². The Morgan fingerprint density at radius 2 is 1.77 bits per heavy atom. The molecular weight excluding hydrogens is 449 g/mol. The Morgan fingerprint density at radius 3 is 2.37 bits per heavy atom. The number of rotatable bonds is 7. The van der Waals surface area contributed by atoms with Crippen molar-refractivity contribution >= 4 is 50.7 Å². The van der Waals surface area contributed by atoms with Gasteiger partial charge in [-0.25, -0.2) is 13.1 Å². The molecule has 0 aromatic heterocycles. The summed E-state index contributed by atoms with van der Waals surface area (Å²) in [6.45, 7) is 1.44. The Morgan fingerprint density at radius 1 is 1.13 bits per heavy atom. The maximum absolute atomic E-state index is 12.9. The topological polar surface area (TPSA) is 95.6 Å². The number of para-hydroxylation sites is 1. The second-order valence-electron chi connectivity index (χ2n) is 7.18. The van der Waals surface area contributed by atoms with Crippen LogP contribution in [0.4, 0.5) is 5.69 Å². The highest BCUT2D eigenvalue weighted by molar-refractivity contribution is 7.89. The summed E-state index contributed by atoms with van der Waals surface area (Å²) >= 11 is 12.1. The molecule has 10 heteroatoms. The maximum Gasteiger partial charge on any atom is 0.254 e. The zero-order valence-corrected chi connectivity index (χ0v) is 18.7. The molecule has 0 bridgehead atoms. The lowest BCUT2D eigenvalue weighted by Crippen LogP contribution is -2.35. The summed E-state index contributed by atoms with van der Waals surface area (Å²) in [5.74, 6) is -0.964. The van der Waals surface area contributed by atoms with Gasteiger partial charge in [0.25, 0.3) is 5.91 Å². The minimum atomic E-state index is -3.70. The van der Waals surface area contributed by atoms with Crippen LogP contribution in [0.15, 0.2) is 41.3 Å². The number of carbonyl (C=O) groups is 2. The van der Waals surface area contributed by atoms with Gasteiger partial charge in [-0.2, -0.15) is 0 Å². The average Bonchev–Trinajstić information content (AvgIpc) is 3.47. The number of carbonyl (C=O) groups excluding carboxylic acids is 2. The van der Waals surface area contributed by atoms with Crippen molar-refractivity contribution in [1.82, 2.24) is 9.62 Å². The summed E-state index contributed by atoms with van der Waals surface area (Å²) in [6, 6.07) is 9.15. The Balaban J connectivity index is 1.74. The fraction of sp³-hybridized carbons (Fsp3) is 0.300. The smallest absolute Gasteiger partial charge is 0.254 e. The van der Waals surface area contributed by atoms with Gasteiger partial charge in [-0.1, -0.05) is 35.3 Å². The van der Waals surface area contributed by atoms with Crippen molar-refractivity contribution in [2.24, 2.45) is 0 Å². The lowest BCUT2D eigenvalue weighted by atomic mass is 10.1. The first-order valence-electron chi connectivity index (χ1n) is 9.21. The van der Waals surface area contributed by atoms with E-state index in [1.54, 1.807) is 31.2 Å². The van der Waals surface area contributed by atoms with E-state index in [0.717, 1.165) is 12.8 Å². The number of nitrogens with zero attached hydrogens (tertiary/aromatic N) is 1. The first-order valence-corrected chi connectivity index (χ1v) is 11.4. The highest BCUT2D eigenvalue weighted by Gasteiger charge is 2.29. The number of halogens is 2. The van der Waals surface area contributed by atoms with E-state index in [1.807, 2.05) is 0 Å². The average molecular weight is 470 g/mol. The zero-order chi connectivity index (χ0) is 22.1. The second kappa shape index (κ2) is 8.93. The number of likely N-dealkylation sites (N-methyl/N-ethyl adjacent to an activating group) is 1. The molecule has 2 N–H and O–H groups in total. The van der Waals surface area contributed by atoms with Crippen LogP contribution in [0, 0.1) is 6.92 Å². The molecule has 0 aliphatic heterocycles. The maximum atomic E-state index is 12.9. The summed E-state index contributed by atoms with van der Waals surface area (Å²) in [4.78, 5) is 26.5. The molecule has 0 unspecified atom stereocenters. The Kier molecular flexibility index (Phi) is 6.71. The lowest BCUT2D eigenvalue weighted by Gasteiger charge is -2.19. The zero-order valence-electron chi connectivity index (χ0n) is 16.4. The summed E-state index contributed by atoms with van der Waals surface area (Å²) in [5, 5.41) is 3.15. The van der Waals surface area contributed by atoms with E-state index in [2.05, 4.69) is 10.0 Å². The predicted molar refractivity (Wildman–Crippen MR) is 117 cm³/mol. The molecule has 3 rings (SSSR count). The second-order valence-corrected chi connectivity index (χ2v) is 9.71. The summed E-state index contributed by atoms with van der Waals surface area (Å²) in [6.07, 6.45) is 1.62. The number of hydrogen-bond donors (Lipinski definition) is 2. The molecule has 7 nitrogen and oxygen atoms in total. The van der Waals surface area contributed by atoms with E-state index in [9.17, 15) is 18.0 Å². The largest absolute Gasteiger partial charge is 0.332 e. The van der Waals surface area contributed by atoms with E-state index in [0.29, 0.717) is 5.56 Å². The van der Waals surface area contributed by atoms with E-state index < -0.39 is 21.8 Å².